The van der Waals surface area contributed by atoms with Gasteiger partial charge in [-0.25, -0.2) is 4.98 Å². The lowest BCUT2D eigenvalue weighted by molar-refractivity contribution is 0.211. The molecule has 5 heteroatoms. The van der Waals surface area contributed by atoms with Gasteiger partial charge in [-0.05, 0) is 49.6 Å². The summed E-state index contributed by atoms with van der Waals surface area (Å²) in [5, 5.41) is 3.11. The molecule has 28 heavy (non-hydrogen) atoms. The molecular formula is C23H26N2O2S. The number of para-hydroxylation sites is 1. The van der Waals surface area contributed by atoms with E-state index in [4.69, 9.17) is 14.5 Å². The second-order valence-electron chi connectivity index (χ2n) is 7.21. The Hall–Kier alpha value is -2.37. The topological polar surface area (TPSA) is 34.6 Å². The Morgan fingerprint density at radius 3 is 2.79 bits per heavy atom. The number of benzene rings is 2. The summed E-state index contributed by atoms with van der Waals surface area (Å²) in [6.07, 6.45) is 3.64. The van der Waals surface area contributed by atoms with Crippen LogP contribution in [0.5, 0.6) is 11.5 Å². The Morgan fingerprint density at radius 1 is 1.11 bits per heavy atom. The molecule has 0 radical (unpaired) electrons. The van der Waals surface area contributed by atoms with Crippen LogP contribution in [0.15, 0.2) is 47.8 Å². The van der Waals surface area contributed by atoms with Gasteiger partial charge in [0.15, 0.2) is 11.5 Å². The molecule has 146 valence electrons. The highest BCUT2D eigenvalue weighted by Crippen LogP contribution is 2.39. The van der Waals surface area contributed by atoms with Crippen molar-refractivity contribution in [2.75, 3.05) is 21.3 Å². The third-order valence-corrected chi connectivity index (χ3v) is 6.39. The molecule has 0 spiro atoms. The number of fused-ring (bicyclic) bond motifs is 1. The smallest absolute Gasteiger partial charge is 0.170 e. The lowest BCUT2D eigenvalue weighted by Crippen LogP contribution is -2.27. The van der Waals surface area contributed by atoms with Gasteiger partial charge in [0.2, 0.25) is 0 Å². The third-order valence-electron chi connectivity index (χ3n) is 5.47. The summed E-state index contributed by atoms with van der Waals surface area (Å²) in [6, 6.07) is 15.2. The highest BCUT2D eigenvalue weighted by Gasteiger charge is 2.24. The lowest BCUT2D eigenvalue weighted by atomic mass is 9.87. The maximum atomic E-state index is 5.58. The van der Waals surface area contributed by atoms with Gasteiger partial charge in [0, 0.05) is 18.0 Å². The van der Waals surface area contributed by atoms with Crippen LogP contribution in [0.1, 0.15) is 35.7 Å². The minimum atomic E-state index is 0.460. The molecule has 2 aromatic carbocycles. The van der Waals surface area contributed by atoms with Gasteiger partial charge in [0.05, 0.1) is 25.5 Å². The zero-order valence-corrected chi connectivity index (χ0v) is 17.5. The number of rotatable bonds is 6. The van der Waals surface area contributed by atoms with Gasteiger partial charge < -0.3 is 9.47 Å². The third kappa shape index (κ3) is 3.64. The van der Waals surface area contributed by atoms with E-state index in [-0.39, 0.29) is 0 Å². The Morgan fingerprint density at radius 2 is 1.96 bits per heavy atom. The predicted molar refractivity (Wildman–Crippen MR) is 114 cm³/mol. The average molecular weight is 395 g/mol. The normalized spacial score (nSPS) is 16.1. The standard InChI is InChI=1S/C23H26N2O2S/c1-25(20-12-6-9-16-8-4-5-10-18(16)20)14-17-15-28-23(24-17)19-11-7-13-21(26-2)22(19)27-3/h4-5,7-8,10-11,13,15,20H,6,9,12,14H2,1-3H3. The first-order valence-corrected chi connectivity index (χ1v) is 10.5. The number of methoxy groups -OCH3 is 2. The van der Waals surface area contributed by atoms with E-state index in [1.54, 1.807) is 25.6 Å². The zero-order chi connectivity index (χ0) is 19.5. The van der Waals surface area contributed by atoms with E-state index < -0.39 is 0 Å². The lowest BCUT2D eigenvalue weighted by Gasteiger charge is -2.32. The number of hydrogen-bond acceptors (Lipinski definition) is 5. The first-order valence-electron chi connectivity index (χ1n) is 9.65. The van der Waals surface area contributed by atoms with E-state index in [1.807, 2.05) is 18.2 Å². The summed E-state index contributed by atoms with van der Waals surface area (Å²) in [6.45, 7) is 0.835. The minimum Gasteiger partial charge on any atom is -0.493 e. The van der Waals surface area contributed by atoms with Gasteiger partial charge >= 0.3 is 0 Å². The molecule has 1 heterocycles. The van der Waals surface area contributed by atoms with Gasteiger partial charge in [-0.15, -0.1) is 11.3 Å². The maximum Gasteiger partial charge on any atom is 0.170 e. The van der Waals surface area contributed by atoms with E-state index in [1.165, 1.54) is 30.4 Å². The predicted octanol–water partition coefficient (Wildman–Crippen LogP) is 5.34. The van der Waals surface area contributed by atoms with Crippen LogP contribution in [0, 0.1) is 0 Å². The van der Waals surface area contributed by atoms with Crippen molar-refractivity contribution in [2.45, 2.75) is 31.8 Å². The highest BCUT2D eigenvalue weighted by atomic mass is 32.1. The summed E-state index contributed by atoms with van der Waals surface area (Å²) in [4.78, 5) is 7.33. The van der Waals surface area contributed by atoms with E-state index in [2.05, 4.69) is 41.6 Å². The molecule has 3 aromatic rings. The molecule has 0 bridgehead atoms. The van der Waals surface area contributed by atoms with E-state index in [0.29, 0.717) is 6.04 Å². The fourth-order valence-corrected chi connectivity index (χ4v) is 4.94. The van der Waals surface area contributed by atoms with E-state index >= 15 is 0 Å². The van der Waals surface area contributed by atoms with Crippen molar-refractivity contribution in [3.8, 4) is 22.1 Å². The molecule has 1 aliphatic carbocycles. The largest absolute Gasteiger partial charge is 0.493 e. The summed E-state index contributed by atoms with van der Waals surface area (Å²) in [5.41, 5.74) is 5.03. The monoisotopic (exact) mass is 394 g/mol. The van der Waals surface area contributed by atoms with Crippen molar-refractivity contribution in [2.24, 2.45) is 0 Å². The summed E-state index contributed by atoms with van der Waals surface area (Å²) >= 11 is 1.65. The van der Waals surface area contributed by atoms with Crippen LogP contribution in [0.4, 0.5) is 0 Å². The number of hydrogen-bond donors (Lipinski definition) is 0. The summed E-state index contributed by atoms with van der Waals surface area (Å²) in [5.74, 6) is 1.47. The Balaban J connectivity index is 1.55. The van der Waals surface area contributed by atoms with Crippen LogP contribution in [0.25, 0.3) is 10.6 Å². The average Bonchev–Trinajstić information content (AvgIpc) is 3.20. The maximum absolute atomic E-state index is 5.58. The Kier molecular flexibility index (Phi) is 5.64. The van der Waals surface area contributed by atoms with Crippen LogP contribution in [-0.2, 0) is 13.0 Å². The molecule has 0 saturated carbocycles. The molecule has 0 saturated heterocycles. The first-order chi connectivity index (χ1) is 13.7. The quantitative estimate of drug-likeness (QED) is 0.565. The SMILES string of the molecule is COc1cccc(-c2nc(CN(C)C3CCCc4ccccc43)cs2)c1OC. The van der Waals surface area contributed by atoms with Crippen molar-refractivity contribution in [1.82, 2.24) is 9.88 Å². The highest BCUT2D eigenvalue weighted by molar-refractivity contribution is 7.13. The molecule has 0 N–H and O–H groups in total. The summed E-state index contributed by atoms with van der Waals surface area (Å²) < 4.78 is 11.0. The van der Waals surface area contributed by atoms with Gasteiger partial charge in [-0.1, -0.05) is 30.3 Å². The minimum absolute atomic E-state index is 0.460. The van der Waals surface area contributed by atoms with Crippen molar-refractivity contribution < 1.29 is 9.47 Å². The van der Waals surface area contributed by atoms with Crippen LogP contribution in [0.2, 0.25) is 0 Å². The van der Waals surface area contributed by atoms with Crippen molar-refractivity contribution in [3.63, 3.8) is 0 Å². The number of aryl methyl sites for hydroxylation is 1. The van der Waals surface area contributed by atoms with Crippen LogP contribution >= 0.6 is 11.3 Å². The van der Waals surface area contributed by atoms with Crippen LogP contribution in [0.3, 0.4) is 0 Å². The van der Waals surface area contributed by atoms with E-state index in [9.17, 15) is 0 Å². The molecule has 0 aliphatic heterocycles. The van der Waals surface area contributed by atoms with E-state index in [0.717, 1.165) is 34.3 Å². The van der Waals surface area contributed by atoms with Gasteiger partial charge in [0.1, 0.15) is 5.01 Å². The molecule has 1 aromatic heterocycles. The first kappa shape index (κ1) is 19.0. The van der Waals surface area contributed by atoms with Crippen LogP contribution < -0.4 is 9.47 Å². The second kappa shape index (κ2) is 8.33. The fraction of sp³-hybridized carbons (Fsp3) is 0.348. The molecule has 4 rings (SSSR count). The number of nitrogens with zero attached hydrogens (tertiary/aromatic N) is 2. The van der Waals surface area contributed by atoms with Crippen molar-refractivity contribution in [1.29, 1.82) is 0 Å². The molecule has 4 nitrogen and oxygen atoms in total. The van der Waals surface area contributed by atoms with Crippen molar-refractivity contribution in [3.05, 3.63) is 64.7 Å². The molecular weight excluding hydrogens is 368 g/mol. The molecule has 0 fully saturated rings. The summed E-state index contributed by atoms with van der Waals surface area (Å²) in [7, 11) is 5.54. The van der Waals surface area contributed by atoms with Gasteiger partial charge in [0.25, 0.3) is 0 Å². The Bertz CT molecular complexity index is 953. The van der Waals surface area contributed by atoms with Gasteiger partial charge in [-0.2, -0.15) is 0 Å². The van der Waals surface area contributed by atoms with Crippen molar-refractivity contribution >= 4 is 11.3 Å². The number of aromatic nitrogens is 1. The number of ether oxygens (including phenoxy) is 2. The molecule has 1 aliphatic rings. The van der Waals surface area contributed by atoms with Crippen LogP contribution in [-0.4, -0.2) is 31.2 Å². The second-order valence-corrected chi connectivity index (χ2v) is 8.07. The fourth-order valence-electron chi connectivity index (χ4n) is 4.11. The molecule has 0 amide bonds. The van der Waals surface area contributed by atoms with Gasteiger partial charge in [-0.3, -0.25) is 4.90 Å². The Labute approximate surface area is 170 Å². The molecule has 1 unspecified atom stereocenters. The number of thiazole rings is 1. The zero-order valence-electron chi connectivity index (χ0n) is 16.6. The molecule has 1 atom stereocenters.